The predicted octanol–water partition coefficient (Wildman–Crippen LogP) is 5.03. The van der Waals surface area contributed by atoms with Gasteiger partial charge in [-0.05, 0) is 67.3 Å². The Morgan fingerprint density at radius 3 is 2.93 bits per heavy atom. The number of nitrogens with one attached hydrogen (secondary N) is 2. The number of H-pyrrole nitrogens is 1. The average molecular weight is 363 g/mol. The summed E-state index contributed by atoms with van der Waals surface area (Å²) in [6, 6.07) is 16.2. The van der Waals surface area contributed by atoms with Gasteiger partial charge >= 0.3 is 0 Å². The molecule has 27 heavy (non-hydrogen) atoms. The summed E-state index contributed by atoms with van der Waals surface area (Å²) in [4.78, 5) is 3.40. The normalized spacial score (nSPS) is 17.6. The number of hydrogen-bond donors (Lipinski definition) is 2. The number of fused-ring (bicyclic) bond motifs is 2. The molecule has 0 saturated heterocycles. The third-order valence-electron chi connectivity index (χ3n) is 6.06. The molecule has 3 aromatic rings. The summed E-state index contributed by atoms with van der Waals surface area (Å²) in [5.74, 6) is 1.05. The molecule has 0 aliphatic heterocycles. The molecule has 2 N–H and O–H groups in total. The zero-order valence-corrected chi connectivity index (χ0v) is 16.4. The van der Waals surface area contributed by atoms with Crippen molar-refractivity contribution in [1.29, 1.82) is 0 Å². The molecular weight excluding hydrogens is 332 g/mol. The highest BCUT2D eigenvalue weighted by atomic mass is 16.5. The molecule has 1 aliphatic carbocycles. The second kappa shape index (κ2) is 8.18. The Kier molecular flexibility index (Phi) is 5.49. The van der Waals surface area contributed by atoms with E-state index in [1.54, 1.807) is 7.11 Å². The molecule has 1 heterocycles. The van der Waals surface area contributed by atoms with Gasteiger partial charge in [0.05, 0.1) is 7.11 Å². The van der Waals surface area contributed by atoms with Crippen molar-refractivity contribution < 1.29 is 4.74 Å². The summed E-state index contributed by atoms with van der Waals surface area (Å²) in [5, 5.41) is 5.31. The smallest absolute Gasteiger partial charge is 0.122 e. The highest BCUT2D eigenvalue weighted by Crippen LogP contribution is 2.30. The van der Waals surface area contributed by atoms with Crippen LogP contribution in [-0.4, -0.2) is 24.2 Å². The summed E-state index contributed by atoms with van der Waals surface area (Å²) < 4.78 is 5.60. The zero-order valence-electron chi connectivity index (χ0n) is 16.4. The van der Waals surface area contributed by atoms with Gasteiger partial charge in [-0.25, -0.2) is 0 Å². The lowest BCUT2D eigenvalue weighted by Gasteiger charge is -2.30. The van der Waals surface area contributed by atoms with E-state index in [0.29, 0.717) is 12.1 Å². The third-order valence-corrected chi connectivity index (χ3v) is 6.06. The number of aromatic nitrogens is 1. The van der Waals surface area contributed by atoms with E-state index in [1.807, 2.05) is 0 Å². The SMILES string of the molecule is CCC(CCc1c[nH]c2ccccc12)NC1CCc2cccc(OC)c2C1. The van der Waals surface area contributed by atoms with Crippen LogP contribution in [0.2, 0.25) is 0 Å². The number of para-hydroxylation sites is 1. The van der Waals surface area contributed by atoms with Gasteiger partial charge in [0.25, 0.3) is 0 Å². The van der Waals surface area contributed by atoms with Crippen LogP contribution in [0.5, 0.6) is 5.75 Å². The van der Waals surface area contributed by atoms with Crippen molar-refractivity contribution in [1.82, 2.24) is 10.3 Å². The first-order valence-corrected chi connectivity index (χ1v) is 10.2. The molecule has 2 unspecified atom stereocenters. The number of ether oxygens (including phenoxy) is 1. The van der Waals surface area contributed by atoms with Gasteiger partial charge in [0.2, 0.25) is 0 Å². The first-order chi connectivity index (χ1) is 13.3. The van der Waals surface area contributed by atoms with Crippen molar-refractivity contribution in [2.45, 2.75) is 57.5 Å². The standard InChI is InChI=1S/C24H30N2O/c1-3-19(13-12-18-16-25-23-9-5-4-8-21(18)23)26-20-14-11-17-7-6-10-24(27-2)22(17)15-20/h4-10,16,19-20,25-26H,3,11-15H2,1-2H3. The van der Waals surface area contributed by atoms with Gasteiger partial charge < -0.3 is 15.0 Å². The Labute approximate surface area is 162 Å². The zero-order chi connectivity index (χ0) is 18.6. The molecule has 0 spiro atoms. The first-order valence-electron chi connectivity index (χ1n) is 10.2. The van der Waals surface area contributed by atoms with Crippen LogP contribution in [0.25, 0.3) is 10.9 Å². The molecule has 2 atom stereocenters. The van der Waals surface area contributed by atoms with Crippen LogP contribution < -0.4 is 10.1 Å². The minimum atomic E-state index is 0.543. The maximum atomic E-state index is 5.60. The molecular formula is C24H30N2O. The molecule has 0 bridgehead atoms. The predicted molar refractivity (Wildman–Crippen MR) is 113 cm³/mol. The Balaban J connectivity index is 1.39. The highest BCUT2D eigenvalue weighted by molar-refractivity contribution is 5.83. The number of hydrogen-bond acceptors (Lipinski definition) is 2. The minimum Gasteiger partial charge on any atom is -0.496 e. The van der Waals surface area contributed by atoms with Crippen LogP contribution in [0.3, 0.4) is 0 Å². The number of aromatic amines is 1. The number of rotatable bonds is 7. The van der Waals surface area contributed by atoms with Crippen LogP contribution in [-0.2, 0) is 19.3 Å². The highest BCUT2D eigenvalue weighted by Gasteiger charge is 2.23. The second-order valence-corrected chi connectivity index (χ2v) is 7.71. The van der Waals surface area contributed by atoms with Crippen molar-refractivity contribution in [2.24, 2.45) is 0 Å². The molecule has 4 rings (SSSR count). The topological polar surface area (TPSA) is 37.0 Å². The largest absolute Gasteiger partial charge is 0.496 e. The van der Waals surface area contributed by atoms with Gasteiger partial charge in [0.1, 0.15) is 5.75 Å². The van der Waals surface area contributed by atoms with E-state index < -0.39 is 0 Å². The molecule has 142 valence electrons. The molecule has 1 aliphatic rings. The fourth-order valence-electron chi connectivity index (χ4n) is 4.50. The maximum Gasteiger partial charge on any atom is 0.122 e. The Morgan fingerprint density at radius 1 is 1.19 bits per heavy atom. The molecule has 3 nitrogen and oxygen atoms in total. The van der Waals surface area contributed by atoms with Crippen LogP contribution in [0.4, 0.5) is 0 Å². The molecule has 0 amide bonds. The van der Waals surface area contributed by atoms with Crippen molar-refractivity contribution in [2.75, 3.05) is 7.11 Å². The molecule has 1 aromatic heterocycles. The van der Waals surface area contributed by atoms with Gasteiger partial charge in [-0.15, -0.1) is 0 Å². The number of methoxy groups -OCH3 is 1. The summed E-state index contributed by atoms with van der Waals surface area (Å²) in [7, 11) is 1.78. The number of benzene rings is 2. The van der Waals surface area contributed by atoms with Crippen LogP contribution in [0.1, 0.15) is 42.9 Å². The molecule has 0 saturated carbocycles. The van der Waals surface area contributed by atoms with Gasteiger partial charge in [0, 0.05) is 29.2 Å². The van der Waals surface area contributed by atoms with E-state index in [1.165, 1.54) is 40.4 Å². The quantitative estimate of drug-likeness (QED) is 0.618. The monoisotopic (exact) mass is 362 g/mol. The summed E-state index contributed by atoms with van der Waals surface area (Å²) >= 11 is 0. The van der Waals surface area contributed by atoms with Crippen LogP contribution >= 0.6 is 0 Å². The lowest BCUT2D eigenvalue weighted by molar-refractivity contribution is 0.359. The lowest BCUT2D eigenvalue weighted by Crippen LogP contribution is -2.41. The van der Waals surface area contributed by atoms with Gasteiger partial charge in [-0.1, -0.05) is 37.3 Å². The van der Waals surface area contributed by atoms with Gasteiger partial charge in [0.15, 0.2) is 0 Å². The fourth-order valence-corrected chi connectivity index (χ4v) is 4.50. The third kappa shape index (κ3) is 3.89. The van der Waals surface area contributed by atoms with Gasteiger partial charge in [-0.3, -0.25) is 0 Å². The van der Waals surface area contributed by atoms with Crippen molar-refractivity contribution in [3.63, 3.8) is 0 Å². The van der Waals surface area contributed by atoms with E-state index in [9.17, 15) is 0 Å². The maximum absolute atomic E-state index is 5.60. The average Bonchev–Trinajstić information content (AvgIpc) is 3.13. The Bertz CT molecular complexity index is 884. The molecule has 3 heteroatoms. The first kappa shape index (κ1) is 18.1. The lowest BCUT2D eigenvalue weighted by atomic mass is 9.87. The second-order valence-electron chi connectivity index (χ2n) is 7.71. The summed E-state index contributed by atoms with van der Waals surface area (Å²) in [5.41, 5.74) is 5.53. The van der Waals surface area contributed by atoms with Crippen LogP contribution in [0.15, 0.2) is 48.7 Å². The van der Waals surface area contributed by atoms with Gasteiger partial charge in [-0.2, -0.15) is 0 Å². The number of aryl methyl sites for hydroxylation is 2. The minimum absolute atomic E-state index is 0.543. The molecule has 2 aromatic carbocycles. The summed E-state index contributed by atoms with van der Waals surface area (Å²) in [6.45, 7) is 2.30. The van der Waals surface area contributed by atoms with Crippen molar-refractivity contribution in [3.05, 3.63) is 65.4 Å². The fraction of sp³-hybridized carbons (Fsp3) is 0.417. The van der Waals surface area contributed by atoms with E-state index >= 15 is 0 Å². The molecule has 0 fully saturated rings. The van der Waals surface area contributed by atoms with E-state index in [-0.39, 0.29) is 0 Å². The Morgan fingerprint density at radius 2 is 2.07 bits per heavy atom. The Hall–Kier alpha value is -2.26. The van der Waals surface area contributed by atoms with Crippen LogP contribution in [0, 0.1) is 0 Å². The molecule has 0 radical (unpaired) electrons. The van der Waals surface area contributed by atoms with E-state index in [0.717, 1.165) is 31.4 Å². The summed E-state index contributed by atoms with van der Waals surface area (Å²) in [6.07, 6.45) is 9.06. The van der Waals surface area contributed by atoms with E-state index in [4.69, 9.17) is 4.74 Å². The van der Waals surface area contributed by atoms with E-state index in [2.05, 4.69) is 65.9 Å². The van der Waals surface area contributed by atoms with Crippen molar-refractivity contribution in [3.8, 4) is 5.75 Å². The van der Waals surface area contributed by atoms with Crippen molar-refractivity contribution >= 4 is 10.9 Å².